The minimum absolute atomic E-state index is 0.115. The van der Waals surface area contributed by atoms with Crippen LogP contribution < -0.4 is 10.2 Å². The Bertz CT molecular complexity index is 953. The molecular formula is C24H31F3N6O. The number of hydrogen-bond donors (Lipinski definition) is 1. The molecule has 2 aromatic rings. The lowest BCUT2D eigenvalue weighted by Gasteiger charge is -2.45. The third-order valence-corrected chi connectivity index (χ3v) is 6.55. The minimum atomic E-state index is -4.54. The summed E-state index contributed by atoms with van der Waals surface area (Å²) in [4.78, 5) is 26.5. The highest BCUT2D eigenvalue weighted by molar-refractivity contribution is 5.75. The summed E-state index contributed by atoms with van der Waals surface area (Å²) in [5.74, 6) is 0.180. The van der Waals surface area contributed by atoms with Gasteiger partial charge in [0.1, 0.15) is 5.82 Å². The molecule has 0 unspecified atom stereocenters. The van der Waals surface area contributed by atoms with Crippen molar-refractivity contribution in [1.29, 1.82) is 0 Å². The van der Waals surface area contributed by atoms with Crippen molar-refractivity contribution in [3.63, 3.8) is 0 Å². The predicted octanol–water partition coefficient (Wildman–Crippen LogP) is 3.77. The number of benzene rings is 1. The quantitative estimate of drug-likeness (QED) is 0.728. The molecule has 1 aromatic heterocycles. The van der Waals surface area contributed by atoms with E-state index in [9.17, 15) is 18.0 Å². The predicted molar refractivity (Wildman–Crippen MR) is 123 cm³/mol. The van der Waals surface area contributed by atoms with Crippen LogP contribution in [0, 0.1) is 0 Å². The summed E-state index contributed by atoms with van der Waals surface area (Å²) in [6.45, 7) is 7.36. The monoisotopic (exact) mass is 476 g/mol. The number of hydrogen-bond acceptors (Lipinski definition) is 5. The second-order valence-electron chi connectivity index (χ2n) is 9.26. The molecule has 1 N–H and O–H groups in total. The third kappa shape index (κ3) is 5.78. The number of nitrogens with zero attached hydrogens (tertiary/aromatic N) is 5. The van der Waals surface area contributed by atoms with E-state index in [0.717, 1.165) is 38.7 Å². The van der Waals surface area contributed by atoms with E-state index in [1.807, 2.05) is 32.0 Å². The number of aromatic nitrogens is 2. The maximum Gasteiger partial charge on any atom is 0.434 e. The molecule has 2 fully saturated rings. The van der Waals surface area contributed by atoms with Gasteiger partial charge in [-0.2, -0.15) is 13.2 Å². The zero-order valence-corrected chi connectivity index (χ0v) is 19.5. The molecule has 2 aliphatic heterocycles. The Morgan fingerprint density at radius 2 is 1.71 bits per heavy atom. The maximum absolute atomic E-state index is 13.1. The number of halogens is 3. The van der Waals surface area contributed by atoms with Gasteiger partial charge in [-0.15, -0.1) is 0 Å². The van der Waals surface area contributed by atoms with E-state index < -0.39 is 11.9 Å². The summed E-state index contributed by atoms with van der Waals surface area (Å²) in [5, 5.41) is 3.18. The molecule has 0 bridgehead atoms. The molecule has 0 aliphatic carbocycles. The molecular weight excluding hydrogens is 445 g/mol. The second-order valence-corrected chi connectivity index (χ2v) is 9.26. The standard InChI is InChI=1S/C24H31F3N6O/c1-17-14-32(22-13-28-12-21(30-22)24(25,26)27)15-18(2)33(17)23(34)29-20-8-10-31(11-9-20)16-19-6-4-3-5-7-19/h3-7,12-13,17-18,20H,8-11,14-16H2,1-2H3,(H,29,34)/t17-,18+. The molecule has 1 aromatic carbocycles. The molecule has 2 aliphatic rings. The van der Waals surface area contributed by atoms with Gasteiger partial charge in [-0.25, -0.2) is 9.78 Å². The van der Waals surface area contributed by atoms with E-state index in [0.29, 0.717) is 13.1 Å². The number of carbonyl (C=O) groups excluding carboxylic acids is 1. The topological polar surface area (TPSA) is 64.6 Å². The number of anilines is 1. The number of piperidine rings is 1. The largest absolute Gasteiger partial charge is 0.434 e. The van der Waals surface area contributed by atoms with Crippen LogP contribution in [0.1, 0.15) is 37.9 Å². The smallest absolute Gasteiger partial charge is 0.351 e. The highest BCUT2D eigenvalue weighted by Crippen LogP contribution is 2.29. The zero-order chi connectivity index (χ0) is 24.3. The highest BCUT2D eigenvalue weighted by Gasteiger charge is 2.37. The first kappa shape index (κ1) is 24.3. The fourth-order valence-electron chi connectivity index (χ4n) is 4.88. The van der Waals surface area contributed by atoms with E-state index >= 15 is 0 Å². The van der Waals surface area contributed by atoms with Crippen molar-refractivity contribution in [2.45, 2.75) is 57.5 Å². The Hall–Kier alpha value is -2.88. The molecule has 0 radical (unpaired) electrons. The number of piperazine rings is 1. The van der Waals surface area contributed by atoms with Crippen LogP contribution in [0.15, 0.2) is 42.7 Å². The van der Waals surface area contributed by atoms with Crippen molar-refractivity contribution in [3.8, 4) is 0 Å². The van der Waals surface area contributed by atoms with Gasteiger partial charge in [0.2, 0.25) is 0 Å². The molecule has 2 saturated heterocycles. The Balaban J connectivity index is 1.30. The first-order valence-corrected chi connectivity index (χ1v) is 11.7. The molecule has 2 atom stereocenters. The molecule has 4 rings (SSSR count). The molecule has 2 amide bonds. The zero-order valence-electron chi connectivity index (χ0n) is 19.5. The Labute approximate surface area is 198 Å². The number of urea groups is 1. The number of amides is 2. The van der Waals surface area contributed by atoms with E-state index in [-0.39, 0.29) is 30.0 Å². The lowest BCUT2D eigenvalue weighted by atomic mass is 10.0. The van der Waals surface area contributed by atoms with Crippen molar-refractivity contribution < 1.29 is 18.0 Å². The van der Waals surface area contributed by atoms with E-state index in [1.165, 1.54) is 11.8 Å². The lowest BCUT2D eigenvalue weighted by Crippen LogP contribution is -2.62. The molecule has 0 spiro atoms. The van der Waals surface area contributed by atoms with Crippen LogP contribution in [0.4, 0.5) is 23.8 Å². The number of rotatable bonds is 4. The fraction of sp³-hybridized carbons (Fsp3) is 0.542. The van der Waals surface area contributed by atoms with Gasteiger partial charge >= 0.3 is 12.2 Å². The first-order valence-electron chi connectivity index (χ1n) is 11.7. The number of nitrogens with one attached hydrogen (secondary N) is 1. The Morgan fingerprint density at radius 1 is 1.06 bits per heavy atom. The van der Waals surface area contributed by atoms with Gasteiger partial charge in [0.05, 0.1) is 12.4 Å². The van der Waals surface area contributed by atoms with Crippen LogP contribution >= 0.6 is 0 Å². The maximum atomic E-state index is 13.1. The summed E-state index contributed by atoms with van der Waals surface area (Å²) in [5.41, 5.74) is 0.278. The average Bonchev–Trinajstić information content (AvgIpc) is 2.80. The van der Waals surface area contributed by atoms with Crippen LogP contribution in [0.5, 0.6) is 0 Å². The number of alkyl halides is 3. The second kappa shape index (κ2) is 10.2. The van der Waals surface area contributed by atoms with Crippen LogP contribution in [0.2, 0.25) is 0 Å². The normalized spacial score (nSPS) is 22.6. The average molecular weight is 477 g/mol. The van der Waals surface area contributed by atoms with Crippen molar-refractivity contribution in [2.24, 2.45) is 0 Å². The fourth-order valence-corrected chi connectivity index (χ4v) is 4.88. The van der Waals surface area contributed by atoms with Gasteiger partial charge in [0.25, 0.3) is 0 Å². The lowest BCUT2D eigenvalue weighted by molar-refractivity contribution is -0.141. The van der Waals surface area contributed by atoms with E-state index in [2.05, 4.69) is 32.3 Å². The van der Waals surface area contributed by atoms with Gasteiger partial charge in [0.15, 0.2) is 5.69 Å². The summed E-state index contributed by atoms with van der Waals surface area (Å²) in [7, 11) is 0. The van der Waals surface area contributed by atoms with Gasteiger partial charge < -0.3 is 15.1 Å². The summed E-state index contributed by atoms with van der Waals surface area (Å²) in [6.07, 6.45) is -0.695. The molecule has 10 heteroatoms. The van der Waals surface area contributed by atoms with Crippen molar-refractivity contribution in [1.82, 2.24) is 25.1 Å². The molecule has 184 valence electrons. The summed E-state index contributed by atoms with van der Waals surface area (Å²) in [6, 6.07) is 10.00. The van der Waals surface area contributed by atoms with Crippen molar-refractivity contribution in [2.75, 3.05) is 31.1 Å². The Kier molecular flexibility index (Phi) is 7.25. The summed E-state index contributed by atoms with van der Waals surface area (Å²) >= 11 is 0. The van der Waals surface area contributed by atoms with Crippen LogP contribution in [-0.4, -0.2) is 70.1 Å². The number of likely N-dealkylation sites (tertiary alicyclic amines) is 1. The molecule has 34 heavy (non-hydrogen) atoms. The van der Waals surface area contributed by atoms with Gasteiger partial charge in [0, 0.05) is 50.8 Å². The highest BCUT2D eigenvalue weighted by atomic mass is 19.4. The van der Waals surface area contributed by atoms with E-state index in [4.69, 9.17) is 0 Å². The van der Waals surface area contributed by atoms with E-state index in [1.54, 1.807) is 9.80 Å². The van der Waals surface area contributed by atoms with Crippen LogP contribution in [0.3, 0.4) is 0 Å². The van der Waals surface area contributed by atoms with Crippen molar-refractivity contribution >= 4 is 11.8 Å². The van der Waals surface area contributed by atoms with Gasteiger partial charge in [-0.1, -0.05) is 30.3 Å². The van der Waals surface area contributed by atoms with Crippen LogP contribution in [-0.2, 0) is 12.7 Å². The minimum Gasteiger partial charge on any atom is -0.351 e. The Morgan fingerprint density at radius 3 is 2.32 bits per heavy atom. The number of carbonyl (C=O) groups is 1. The SMILES string of the molecule is C[C@@H]1CN(c2cncc(C(F)(F)F)n2)C[C@H](C)N1C(=O)NC1CCN(Cc2ccccc2)CC1. The molecule has 7 nitrogen and oxygen atoms in total. The summed E-state index contributed by atoms with van der Waals surface area (Å²) < 4.78 is 39.1. The molecule has 0 saturated carbocycles. The first-order chi connectivity index (χ1) is 16.2. The van der Waals surface area contributed by atoms with Crippen molar-refractivity contribution in [3.05, 3.63) is 54.0 Å². The van der Waals surface area contributed by atoms with Gasteiger partial charge in [-0.05, 0) is 32.3 Å². The third-order valence-electron chi connectivity index (χ3n) is 6.55. The van der Waals surface area contributed by atoms with Crippen LogP contribution in [0.25, 0.3) is 0 Å². The molecule has 3 heterocycles. The van der Waals surface area contributed by atoms with Gasteiger partial charge in [-0.3, -0.25) is 9.88 Å².